The summed E-state index contributed by atoms with van der Waals surface area (Å²) >= 11 is 0. The number of rotatable bonds is 2. The fraction of sp³-hybridized carbons (Fsp3) is 0.556. The predicted octanol–water partition coefficient (Wildman–Crippen LogP) is 1.93. The van der Waals surface area contributed by atoms with E-state index in [0.717, 1.165) is 24.3 Å². The molecule has 0 amide bonds. The Kier molecular flexibility index (Phi) is 2.83. The minimum atomic E-state index is -1.20. The van der Waals surface area contributed by atoms with Crippen LogP contribution in [0, 0.1) is 0 Å². The molecule has 1 spiro atoms. The standard InChI is InChI=1S/C18H20N4O3/c1-22-8-7-17-14-6-5-12(20-21-19)18(17,23)13(22)9-10-3-4-11(24-2)16(25-14)15(10)17/h3-6,12-14,23H,7-9H2,1-2H3/t12-,13+,14-,17+,18+/m0/s1. The second-order valence-electron chi connectivity index (χ2n) is 7.45. The van der Waals surface area contributed by atoms with Crippen LogP contribution in [0.5, 0.6) is 11.5 Å². The summed E-state index contributed by atoms with van der Waals surface area (Å²) in [6.45, 7) is 0.861. The fourth-order valence-electron chi connectivity index (χ4n) is 5.67. The molecule has 7 heteroatoms. The topological polar surface area (TPSA) is 90.7 Å². The van der Waals surface area contributed by atoms with E-state index in [-0.39, 0.29) is 12.1 Å². The maximum Gasteiger partial charge on any atom is 0.166 e. The highest BCUT2D eigenvalue weighted by molar-refractivity contribution is 5.64. The van der Waals surface area contributed by atoms with Gasteiger partial charge >= 0.3 is 0 Å². The summed E-state index contributed by atoms with van der Waals surface area (Å²) in [4.78, 5) is 5.19. The second kappa shape index (κ2) is 4.69. The number of hydrogen-bond acceptors (Lipinski definition) is 5. The first-order valence-electron chi connectivity index (χ1n) is 8.60. The van der Waals surface area contributed by atoms with Crippen LogP contribution in [0.4, 0.5) is 0 Å². The molecule has 5 rings (SSSR count). The van der Waals surface area contributed by atoms with Crippen molar-refractivity contribution in [1.82, 2.24) is 4.90 Å². The van der Waals surface area contributed by atoms with Crippen molar-refractivity contribution in [3.8, 4) is 11.5 Å². The van der Waals surface area contributed by atoms with E-state index >= 15 is 0 Å². The van der Waals surface area contributed by atoms with Crippen molar-refractivity contribution in [2.24, 2.45) is 5.11 Å². The van der Waals surface area contributed by atoms with Gasteiger partial charge in [0.1, 0.15) is 11.7 Å². The zero-order chi connectivity index (χ0) is 17.4. The van der Waals surface area contributed by atoms with Gasteiger partial charge < -0.3 is 19.5 Å². The number of piperidine rings is 1. The van der Waals surface area contributed by atoms with E-state index in [2.05, 4.69) is 21.0 Å². The molecule has 1 saturated heterocycles. The van der Waals surface area contributed by atoms with Crippen molar-refractivity contribution in [2.45, 2.75) is 42.0 Å². The Labute approximate surface area is 145 Å². The third-order valence-corrected chi connectivity index (χ3v) is 6.73. The van der Waals surface area contributed by atoms with Crippen molar-refractivity contribution in [3.63, 3.8) is 0 Å². The molecule has 25 heavy (non-hydrogen) atoms. The Morgan fingerprint density at radius 1 is 1.44 bits per heavy atom. The number of ether oxygens (including phenoxy) is 2. The number of likely N-dealkylation sites (tertiary alicyclic amines) is 1. The monoisotopic (exact) mass is 340 g/mol. The minimum absolute atomic E-state index is 0.125. The van der Waals surface area contributed by atoms with E-state index < -0.39 is 17.1 Å². The van der Waals surface area contributed by atoms with Gasteiger partial charge in [-0.1, -0.05) is 17.3 Å². The Morgan fingerprint density at radius 3 is 3.04 bits per heavy atom. The third kappa shape index (κ3) is 1.49. The van der Waals surface area contributed by atoms with Gasteiger partial charge in [-0.05, 0) is 49.7 Å². The molecule has 0 saturated carbocycles. The lowest BCUT2D eigenvalue weighted by molar-refractivity contribution is -0.163. The van der Waals surface area contributed by atoms with Gasteiger partial charge in [0.15, 0.2) is 11.5 Å². The number of aliphatic hydroxyl groups is 1. The molecule has 4 aliphatic rings. The summed E-state index contributed by atoms with van der Waals surface area (Å²) < 4.78 is 11.8. The van der Waals surface area contributed by atoms with E-state index in [0.29, 0.717) is 12.2 Å². The van der Waals surface area contributed by atoms with Crippen molar-refractivity contribution >= 4 is 0 Å². The number of nitrogens with zero attached hydrogens (tertiary/aromatic N) is 4. The van der Waals surface area contributed by atoms with E-state index in [1.807, 2.05) is 19.2 Å². The summed E-state index contributed by atoms with van der Waals surface area (Å²) in [6.07, 6.45) is 4.92. The fourth-order valence-corrected chi connectivity index (χ4v) is 5.67. The number of hydrogen-bond donors (Lipinski definition) is 1. The first-order valence-corrected chi connectivity index (χ1v) is 8.60. The van der Waals surface area contributed by atoms with Gasteiger partial charge in [-0.15, -0.1) is 0 Å². The molecule has 1 N–H and O–H groups in total. The van der Waals surface area contributed by atoms with Gasteiger partial charge in [0.25, 0.3) is 0 Å². The van der Waals surface area contributed by atoms with E-state index in [1.54, 1.807) is 13.2 Å². The van der Waals surface area contributed by atoms with Crippen LogP contribution >= 0.6 is 0 Å². The lowest BCUT2D eigenvalue weighted by Gasteiger charge is -2.62. The van der Waals surface area contributed by atoms with Gasteiger partial charge in [0.05, 0.1) is 18.6 Å². The number of methoxy groups -OCH3 is 1. The quantitative estimate of drug-likeness (QED) is 0.385. The average Bonchev–Trinajstić information content (AvgIpc) is 2.94. The molecule has 130 valence electrons. The summed E-state index contributed by atoms with van der Waals surface area (Å²) in [5.74, 6) is 1.42. The van der Waals surface area contributed by atoms with Crippen LogP contribution in [-0.4, -0.2) is 54.5 Å². The van der Waals surface area contributed by atoms with E-state index in [1.165, 1.54) is 5.56 Å². The third-order valence-electron chi connectivity index (χ3n) is 6.73. The molecule has 2 aliphatic heterocycles. The molecule has 2 bridgehead atoms. The highest BCUT2D eigenvalue weighted by Crippen LogP contribution is 2.64. The van der Waals surface area contributed by atoms with Crippen LogP contribution in [0.25, 0.3) is 10.4 Å². The van der Waals surface area contributed by atoms with Gasteiger partial charge in [-0.3, -0.25) is 0 Å². The van der Waals surface area contributed by atoms with Crippen molar-refractivity contribution in [3.05, 3.63) is 45.9 Å². The minimum Gasteiger partial charge on any atom is -0.493 e. The predicted molar refractivity (Wildman–Crippen MR) is 90.9 cm³/mol. The Morgan fingerprint density at radius 2 is 2.28 bits per heavy atom. The SMILES string of the molecule is COc1ccc2c3c1O[C@H]1C=C[C@H](N=[N+]=[N-])[C@@]4(O)[C@@H](C2)N(C)CC[C@]314. The Balaban J connectivity index is 1.86. The molecule has 7 nitrogen and oxygen atoms in total. The number of benzene rings is 1. The van der Waals surface area contributed by atoms with Gasteiger partial charge in [0.2, 0.25) is 0 Å². The summed E-state index contributed by atoms with van der Waals surface area (Å²) in [5, 5.41) is 16.0. The second-order valence-corrected chi connectivity index (χ2v) is 7.45. The van der Waals surface area contributed by atoms with E-state index in [4.69, 9.17) is 15.0 Å². The molecule has 0 radical (unpaired) electrons. The first kappa shape index (κ1) is 15.1. The average molecular weight is 340 g/mol. The van der Waals surface area contributed by atoms with Crippen LogP contribution in [-0.2, 0) is 11.8 Å². The number of azide groups is 1. The first-order chi connectivity index (χ1) is 12.1. The molecule has 0 aromatic heterocycles. The molecule has 1 aromatic carbocycles. The van der Waals surface area contributed by atoms with Crippen LogP contribution < -0.4 is 9.47 Å². The molecule has 1 aromatic rings. The van der Waals surface area contributed by atoms with Crippen LogP contribution in [0.15, 0.2) is 29.4 Å². The summed E-state index contributed by atoms with van der Waals surface area (Å²) in [6, 6.07) is 3.28. The zero-order valence-corrected chi connectivity index (χ0v) is 14.2. The summed E-state index contributed by atoms with van der Waals surface area (Å²) in [5.41, 5.74) is 9.49. The van der Waals surface area contributed by atoms with Gasteiger partial charge in [-0.2, -0.15) is 0 Å². The highest BCUT2D eigenvalue weighted by Gasteiger charge is 2.72. The molecule has 1 fully saturated rings. The van der Waals surface area contributed by atoms with Crippen molar-refractivity contribution in [1.29, 1.82) is 0 Å². The normalized spacial score (nSPS) is 40.0. The lowest BCUT2D eigenvalue weighted by atomic mass is 9.49. The van der Waals surface area contributed by atoms with Gasteiger partial charge in [0, 0.05) is 16.5 Å². The van der Waals surface area contributed by atoms with Crippen LogP contribution in [0.3, 0.4) is 0 Å². The zero-order valence-electron chi connectivity index (χ0n) is 14.2. The van der Waals surface area contributed by atoms with Crippen LogP contribution in [0.1, 0.15) is 17.5 Å². The maximum absolute atomic E-state index is 12.1. The van der Waals surface area contributed by atoms with Crippen molar-refractivity contribution < 1.29 is 14.6 Å². The van der Waals surface area contributed by atoms with Gasteiger partial charge in [-0.25, -0.2) is 0 Å². The summed E-state index contributed by atoms with van der Waals surface area (Å²) in [7, 11) is 3.66. The van der Waals surface area contributed by atoms with E-state index in [9.17, 15) is 5.11 Å². The molecule has 0 unspecified atom stereocenters. The highest BCUT2D eigenvalue weighted by atomic mass is 16.5. The Hall–Kier alpha value is -2.21. The number of likely N-dealkylation sites (N-methyl/N-ethyl adjacent to an activating group) is 1. The lowest BCUT2D eigenvalue weighted by Crippen LogP contribution is -2.77. The molecular formula is C18H20N4O3. The maximum atomic E-state index is 12.1. The molecule has 5 atom stereocenters. The van der Waals surface area contributed by atoms with Crippen LogP contribution in [0.2, 0.25) is 0 Å². The van der Waals surface area contributed by atoms with Crippen molar-refractivity contribution in [2.75, 3.05) is 20.7 Å². The molecule has 2 heterocycles. The molecule has 2 aliphatic carbocycles. The largest absolute Gasteiger partial charge is 0.493 e. The molecular weight excluding hydrogens is 320 g/mol. The Bertz CT molecular complexity index is 849. The smallest absolute Gasteiger partial charge is 0.166 e.